The molecule has 1 amide bonds. The van der Waals surface area contributed by atoms with E-state index in [9.17, 15) is 17.6 Å². The van der Waals surface area contributed by atoms with Gasteiger partial charge >= 0.3 is 0 Å². The molecule has 0 radical (unpaired) electrons. The summed E-state index contributed by atoms with van der Waals surface area (Å²) < 4.78 is 45.5. The maximum Gasteiger partial charge on any atom is 0.246 e. The average molecular weight is 359 g/mol. The van der Waals surface area contributed by atoms with Gasteiger partial charge < -0.3 is 15.8 Å². The first-order chi connectivity index (χ1) is 11.4. The Kier molecular flexibility index (Phi) is 6.27. The first kappa shape index (κ1) is 18.8. The molecule has 0 aromatic heterocycles. The Balaban J connectivity index is 2.23. The zero-order valence-electron chi connectivity index (χ0n) is 13.5. The Hall–Kier alpha value is -1.55. The zero-order chi connectivity index (χ0) is 17.7. The number of nitrogens with one attached hydrogen (secondary N) is 1. The number of sulfonamides is 1. The van der Waals surface area contributed by atoms with E-state index in [2.05, 4.69) is 5.32 Å². The maximum absolute atomic E-state index is 14.1. The van der Waals surface area contributed by atoms with Crippen molar-refractivity contribution < 1.29 is 22.3 Å². The van der Waals surface area contributed by atoms with Crippen molar-refractivity contribution in [1.82, 2.24) is 4.31 Å². The molecule has 1 fully saturated rings. The molecule has 9 heteroatoms. The van der Waals surface area contributed by atoms with E-state index in [0.29, 0.717) is 6.42 Å². The molecule has 1 unspecified atom stereocenters. The van der Waals surface area contributed by atoms with Gasteiger partial charge in [-0.3, -0.25) is 4.79 Å². The molecule has 1 aromatic carbocycles. The average Bonchev–Trinajstić information content (AvgIpc) is 2.57. The molecule has 1 aromatic rings. The monoisotopic (exact) mass is 359 g/mol. The molecule has 1 aliphatic rings. The second-order valence-electron chi connectivity index (χ2n) is 5.55. The molecule has 1 aliphatic heterocycles. The molecule has 7 nitrogen and oxygen atoms in total. The van der Waals surface area contributed by atoms with Crippen molar-refractivity contribution in [3.63, 3.8) is 0 Å². The van der Waals surface area contributed by atoms with Crippen LogP contribution in [-0.4, -0.2) is 51.0 Å². The van der Waals surface area contributed by atoms with E-state index in [0.717, 1.165) is 18.6 Å². The Morgan fingerprint density at radius 1 is 1.42 bits per heavy atom. The van der Waals surface area contributed by atoms with E-state index >= 15 is 0 Å². The third kappa shape index (κ3) is 4.29. The van der Waals surface area contributed by atoms with Crippen LogP contribution in [0.3, 0.4) is 0 Å². The summed E-state index contributed by atoms with van der Waals surface area (Å²) in [5, 5.41) is 2.53. The van der Waals surface area contributed by atoms with Gasteiger partial charge in [-0.15, -0.1) is 0 Å². The van der Waals surface area contributed by atoms with E-state index in [-0.39, 0.29) is 32.0 Å². The lowest BCUT2D eigenvalue weighted by Gasteiger charge is -2.26. The van der Waals surface area contributed by atoms with Gasteiger partial charge in [0.05, 0.1) is 19.3 Å². The number of anilines is 1. The van der Waals surface area contributed by atoms with Crippen molar-refractivity contribution in [1.29, 1.82) is 0 Å². The molecule has 1 saturated heterocycles. The van der Waals surface area contributed by atoms with Crippen molar-refractivity contribution in [2.45, 2.75) is 30.7 Å². The number of halogens is 1. The number of benzene rings is 1. The van der Waals surface area contributed by atoms with Crippen LogP contribution in [-0.2, 0) is 19.6 Å². The lowest BCUT2D eigenvalue weighted by Crippen LogP contribution is -2.41. The summed E-state index contributed by atoms with van der Waals surface area (Å²) in [7, 11) is -3.99. The van der Waals surface area contributed by atoms with E-state index in [1.54, 1.807) is 0 Å². The third-order valence-corrected chi connectivity index (χ3v) is 5.64. The molecule has 1 heterocycles. The number of amides is 1. The lowest BCUT2D eigenvalue weighted by molar-refractivity contribution is -0.117. The second-order valence-corrected chi connectivity index (χ2v) is 7.45. The number of rotatable bonds is 6. The van der Waals surface area contributed by atoms with Gasteiger partial charge in [-0.1, -0.05) is 13.3 Å². The molecular formula is C15H22FN3O4S. The molecule has 3 N–H and O–H groups in total. The molecule has 134 valence electrons. The van der Waals surface area contributed by atoms with Crippen LogP contribution in [0.15, 0.2) is 23.1 Å². The number of carbonyl (C=O) groups excluding carboxylic acids is 1. The fraction of sp³-hybridized carbons (Fsp3) is 0.533. The SMILES string of the molecule is CCCC(N)C(=O)Nc1ccc(F)c(S(=O)(=O)N2CCOCC2)c1. The van der Waals surface area contributed by atoms with Gasteiger partial charge in [-0.05, 0) is 24.6 Å². The summed E-state index contributed by atoms with van der Waals surface area (Å²) in [5.41, 5.74) is 5.91. The van der Waals surface area contributed by atoms with Crippen molar-refractivity contribution in [2.75, 3.05) is 31.6 Å². The maximum atomic E-state index is 14.1. The molecule has 2 rings (SSSR count). The molecule has 0 aliphatic carbocycles. The highest BCUT2D eigenvalue weighted by atomic mass is 32.2. The summed E-state index contributed by atoms with van der Waals surface area (Å²) in [6, 6.07) is 2.76. The van der Waals surface area contributed by atoms with Crippen molar-refractivity contribution in [3.05, 3.63) is 24.0 Å². The van der Waals surface area contributed by atoms with Crippen LogP contribution in [0.25, 0.3) is 0 Å². The number of ether oxygens (including phenoxy) is 1. The van der Waals surface area contributed by atoms with Crippen LogP contribution in [0, 0.1) is 5.82 Å². The summed E-state index contributed by atoms with van der Waals surface area (Å²) in [6.07, 6.45) is 1.25. The second kappa shape index (κ2) is 8.02. The normalized spacial score (nSPS) is 17.5. The summed E-state index contributed by atoms with van der Waals surface area (Å²) in [4.78, 5) is 11.5. The minimum Gasteiger partial charge on any atom is -0.379 e. The number of nitrogens with zero attached hydrogens (tertiary/aromatic N) is 1. The number of morpholine rings is 1. The first-order valence-corrected chi connectivity index (χ1v) is 9.24. The van der Waals surface area contributed by atoms with Crippen LogP contribution in [0.2, 0.25) is 0 Å². The molecule has 1 atom stereocenters. The van der Waals surface area contributed by atoms with Gasteiger partial charge in [0.15, 0.2) is 0 Å². The van der Waals surface area contributed by atoms with Crippen molar-refractivity contribution in [2.24, 2.45) is 5.73 Å². The molecule has 0 saturated carbocycles. The minimum absolute atomic E-state index is 0.166. The Labute approximate surface area is 141 Å². The Morgan fingerprint density at radius 2 is 2.08 bits per heavy atom. The van der Waals surface area contributed by atoms with Gasteiger partial charge in [0, 0.05) is 18.8 Å². The van der Waals surface area contributed by atoms with Gasteiger partial charge in [0.2, 0.25) is 15.9 Å². The molecular weight excluding hydrogens is 337 g/mol. The Morgan fingerprint density at radius 3 is 2.71 bits per heavy atom. The molecule has 0 bridgehead atoms. The van der Waals surface area contributed by atoms with Crippen molar-refractivity contribution in [3.8, 4) is 0 Å². The Bertz CT molecular complexity index is 690. The summed E-state index contributed by atoms with van der Waals surface area (Å²) >= 11 is 0. The van der Waals surface area contributed by atoms with Gasteiger partial charge in [-0.25, -0.2) is 12.8 Å². The van der Waals surface area contributed by atoms with E-state index in [1.165, 1.54) is 10.4 Å². The van der Waals surface area contributed by atoms with Crippen LogP contribution < -0.4 is 11.1 Å². The summed E-state index contributed by atoms with van der Waals surface area (Å²) in [5.74, 6) is -1.30. The van der Waals surface area contributed by atoms with Crippen molar-refractivity contribution >= 4 is 21.6 Å². The lowest BCUT2D eigenvalue weighted by atomic mass is 10.1. The number of hydrogen-bond donors (Lipinski definition) is 2. The van der Waals surface area contributed by atoms with Crippen LogP contribution in [0.1, 0.15) is 19.8 Å². The minimum atomic E-state index is -3.99. The highest BCUT2D eigenvalue weighted by molar-refractivity contribution is 7.89. The molecule has 0 spiro atoms. The predicted octanol–water partition coefficient (Wildman–Crippen LogP) is 0.913. The molecule has 24 heavy (non-hydrogen) atoms. The van der Waals surface area contributed by atoms with E-state index < -0.39 is 32.7 Å². The standard InChI is InChI=1S/C15H22FN3O4S/c1-2-3-13(17)15(20)18-11-4-5-12(16)14(10-11)24(21,22)19-6-8-23-9-7-19/h4-5,10,13H,2-3,6-9,17H2,1H3,(H,18,20). The number of carbonyl (C=O) groups is 1. The van der Waals surface area contributed by atoms with Gasteiger partial charge in [0.25, 0.3) is 0 Å². The zero-order valence-corrected chi connectivity index (χ0v) is 14.3. The van der Waals surface area contributed by atoms with Gasteiger partial charge in [0.1, 0.15) is 10.7 Å². The first-order valence-electron chi connectivity index (χ1n) is 7.80. The number of hydrogen-bond acceptors (Lipinski definition) is 5. The van der Waals surface area contributed by atoms with Crippen LogP contribution in [0.4, 0.5) is 10.1 Å². The van der Waals surface area contributed by atoms with Gasteiger partial charge in [-0.2, -0.15) is 4.31 Å². The van der Waals surface area contributed by atoms with Crippen LogP contribution >= 0.6 is 0 Å². The fourth-order valence-corrected chi connectivity index (χ4v) is 3.88. The number of nitrogens with two attached hydrogens (primary N) is 1. The topological polar surface area (TPSA) is 102 Å². The summed E-state index contributed by atoms with van der Waals surface area (Å²) in [6.45, 7) is 2.77. The smallest absolute Gasteiger partial charge is 0.246 e. The van der Waals surface area contributed by atoms with E-state index in [4.69, 9.17) is 10.5 Å². The van der Waals surface area contributed by atoms with E-state index in [1.807, 2.05) is 6.92 Å². The largest absolute Gasteiger partial charge is 0.379 e. The highest BCUT2D eigenvalue weighted by Gasteiger charge is 2.29. The third-order valence-electron chi connectivity index (χ3n) is 3.72. The highest BCUT2D eigenvalue weighted by Crippen LogP contribution is 2.24. The fourth-order valence-electron chi connectivity index (χ4n) is 2.38. The quantitative estimate of drug-likeness (QED) is 0.786. The van der Waals surface area contributed by atoms with Crippen LogP contribution in [0.5, 0.6) is 0 Å². The predicted molar refractivity (Wildman–Crippen MR) is 87.5 cm³/mol.